The number of para-hydroxylation sites is 2. The van der Waals surface area contributed by atoms with Gasteiger partial charge in [0.1, 0.15) is 0 Å². The van der Waals surface area contributed by atoms with E-state index in [2.05, 4.69) is 96.7 Å². The average Bonchev–Trinajstić information content (AvgIpc) is 2.73. The van der Waals surface area contributed by atoms with Gasteiger partial charge in [-0.15, -0.1) is 0 Å². The van der Waals surface area contributed by atoms with Crippen molar-refractivity contribution in [2.45, 2.75) is 34.2 Å². The molecule has 0 spiro atoms. The number of hydrogen-bond acceptors (Lipinski definition) is 4. The van der Waals surface area contributed by atoms with Gasteiger partial charge in [-0.25, -0.2) is 0 Å². The summed E-state index contributed by atoms with van der Waals surface area (Å²) in [5, 5.41) is 7.28. The van der Waals surface area contributed by atoms with Crippen LogP contribution in [0.3, 0.4) is 0 Å². The summed E-state index contributed by atoms with van der Waals surface area (Å²) in [4.78, 5) is 6.99. The van der Waals surface area contributed by atoms with Crippen molar-refractivity contribution in [1.82, 2.24) is 9.88 Å². The second-order valence-corrected chi connectivity index (χ2v) is 7.98. The fourth-order valence-electron chi connectivity index (χ4n) is 3.86. The van der Waals surface area contributed by atoms with Crippen LogP contribution in [0.25, 0.3) is 0 Å². The van der Waals surface area contributed by atoms with Crippen LogP contribution in [0, 0.1) is 27.7 Å². The molecule has 33 heavy (non-hydrogen) atoms. The Labute approximate surface area is 224 Å². The maximum atomic E-state index is 4.53. The van der Waals surface area contributed by atoms with Crippen molar-refractivity contribution in [3.05, 3.63) is 88.7 Å². The Bertz CT molecular complexity index is 856. The van der Waals surface area contributed by atoms with Gasteiger partial charge in [-0.1, -0.05) is 42.5 Å². The second kappa shape index (κ2) is 16.1. The average molecular weight is 575 g/mol. The summed E-state index contributed by atoms with van der Waals surface area (Å²) in [6.07, 6.45) is 1.87. The Kier molecular flexibility index (Phi) is 15.3. The molecule has 2 aromatic carbocycles. The Hall–Kier alpha value is -1.65. The Balaban J connectivity index is 0.00000341. The smallest absolute Gasteiger partial charge is 1.00 e. The molecule has 180 valence electrons. The minimum Gasteiger partial charge on any atom is -1.00 e. The largest absolute Gasteiger partial charge is 2.00 e. The molecule has 0 atom stereocenters. The van der Waals surface area contributed by atoms with Crippen LogP contribution < -0.4 is 35.4 Å². The van der Waals surface area contributed by atoms with Gasteiger partial charge in [-0.05, 0) is 62.1 Å². The van der Waals surface area contributed by atoms with Gasteiger partial charge in [0, 0.05) is 50.3 Å². The van der Waals surface area contributed by atoms with Gasteiger partial charge in [-0.2, -0.15) is 0 Å². The summed E-state index contributed by atoms with van der Waals surface area (Å²) in [7, 11) is 0. The van der Waals surface area contributed by atoms with Gasteiger partial charge < -0.3 is 35.4 Å². The molecule has 0 saturated carbocycles. The van der Waals surface area contributed by atoms with E-state index in [1.165, 1.54) is 33.6 Å². The number of anilines is 2. The summed E-state index contributed by atoms with van der Waals surface area (Å²) in [5.74, 6) is 0. The molecule has 0 aliphatic carbocycles. The van der Waals surface area contributed by atoms with E-state index in [-0.39, 0.29) is 44.3 Å². The van der Waals surface area contributed by atoms with Crippen LogP contribution in [-0.2, 0) is 26.0 Å². The summed E-state index contributed by atoms with van der Waals surface area (Å²) in [6, 6.07) is 19.0. The third kappa shape index (κ3) is 9.62. The van der Waals surface area contributed by atoms with Crippen molar-refractivity contribution in [3.8, 4) is 0 Å². The number of aromatic nitrogens is 1. The quantitative estimate of drug-likeness (QED) is 0.316. The van der Waals surface area contributed by atoms with Crippen LogP contribution in [0.2, 0.25) is 0 Å². The maximum absolute atomic E-state index is 4.53. The zero-order valence-corrected chi connectivity index (χ0v) is 23.1. The number of hydrogen-bond donors (Lipinski definition) is 2. The number of pyridine rings is 1. The number of halogens is 2. The minimum absolute atomic E-state index is 0. The fourth-order valence-corrected chi connectivity index (χ4v) is 3.86. The van der Waals surface area contributed by atoms with Crippen molar-refractivity contribution in [2.24, 2.45) is 0 Å². The number of aryl methyl sites for hydroxylation is 4. The zero-order chi connectivity index (χ0) is 21.3. The van der Waals surface area contributed by atoms with Crippen LogP contribution in [0.5, 0.6) is 0 Å². The third-order valence-electron chi connectivity index (χ3n) is 5.53. The molecular formula is C26H34Cl2N4Ru. The Morgan fingerprint density at radius 2 is 1.12 bits per heavy atom. The number of nitrogens with zero attached hydrogens (tertiary/aromatic N) is 2. The summed E-state index contributed by atoms with van der Waals surface area (Å²) in [5.41, 5.74) is 8.79. The molecule has 1 aromatic heterocycles. The molecule has 0 aliphatic rings. The molecule has 0 bridgehead atoms. The summed E-state index contributed by atoms with van der Waals surface area (Å²) < 4.78 is 0. The van der Waals surface area contributed by atoms with Crippen LogP contribution in [0.4, 0.5) is 11.4 Å². The Morgan fingerprint density at radius 1 is 0.667 bits per heavy atom. The normalized spacial score (nSPS) is 9.97. The molecule has 0 aliphatic heterocycles. The molecule has 3 rings (SSSR count). The van der Waals surface area contributed by atoms with Gasteiger partial charge in [-0.3, -0.25) is 9.88 Å². The number of rotatable bonds is 10. The third-order valence-corrected chi connectivity index (χ3v) is 5.53. The molecule has 4 nitrogen and oxygen atoms in total. The molecule has 7 heteroatoms. The zero-order valence-electron chi connectivity index (χ0n) is 19.8. The van der Waals surface area contributed by atoms with Crippen molar-refractivity contribution < 1.29 is 44.3 Å². The first-order valence-electron chi connectivity index (χ1n) is 10.8. The number of benzene rings is 2. The second-order valence-electron chi connectivity index (χ2n) is 7.98. The van der Waals surface area contributed by atoms with Gasteiger partial charge in [0.2, 0.25) is 0 Å². The van der Waals surface area contributed by atoms with E-state index in [9.17, 15) is 0 Å². The Morgan fingerprint density at radius 3 is 1.52 bits per heavy atom. The predicted octanol–water partition coefficient (Wildman–Crippen LogP) is -0.653. The van der Waals surface area contributed by atoms with E-state index >= 15 is 0 Å². The SMILES string of the molecule is Cc1cccc(C)c1NCCN(CCNc1c(C)cccc1C)Cc1ccccn1.[Cl-].[Cl-].[Ru+2]. The molecular weight excluding hydrogens is 540 g/mol. The molecule has 0 amide bonds. The van der Waals surface area contributed by atoms with Crippen LogP contribution >= 0.6 is 0 Å². The van der Waals surface area contributed by atoms with Crippen LogP contribution in [0.15, 0.2) is 60.8 Å². The van der Waals surface area contributed by atoms with Crippen molar-refractivity contribution >= 4 is 11.4 Å². The first-order chi connectivity index (χ1) is 14.5. The summed E-state index contributed by atoms with van der Waals surface area (Å²) >= 11 is 0. The minimum atomic E-state index is 0. The van der Waals surface area contributed by atoms with E-state index in [0.29, 0.717) is 0 Å². The molecule has 1 heterocycles. The fraction of sp³-hybridized carbons (Fsp3) is 0.346. The number of nitrogens with one attached hydrogen (secondary N) is 2. The molecule has 3 aromatic rings. The first kappa shape index (κ1) is 31.4. The summed E-state index contributed by atoms with van der Waals surface area (Å²) in [6.45, 7) is 13.2. The van der Waals surface area contributed by atoms with E-state index in [1.54, 1.807) is 0 Å². The van der Waals surface area contributed by atoms with E-state index < -0.39 is 0 Å². The molecule has 0 fully saturated rings. The van der Waals surface area contributed by atoms with Gasteiger partial charge >= 0.3 is 19.5 Å². The molecule has 0 radical (unpaired) electrons. The van der Waals surface area contributed by atoms with Crippen LogP contribution in [0.1, 0.15) is 27.9 Å². The van der Waals surface area contributed by atoms with E-state index in [0.717, 1.165) is 38.4 Å². The topological polar surface area (TPSA) is 40.2 Å². The maximum Gasteiger partial charge on any atom is 2.00 e. The van der Waals surface area contributed by atoms with E-state index in [4.69, 9.17) is 0 Å². The van der Waals surface area contributed by atoms with Crippen molar-refractivity contribution in [1.29, 1.82) is 0 Å². The van der Waals surface area contributed by atoms with Crippen molar-refractivity contribution in [3.63, 3.8) is 0 Å². The monoisotopic (exact) mass is 574 g/mol. The van der Waals surface area contributed by atoms with Crippen LogP contribution in [-0.4, -0.2) is 36.1 Å². The molecule has 0 saturated heterocycles. The molecule has 0 unspecified atom stereocenters. The molecule has 2 N–H and O–H groups in total. The van der Waals surface area contributed by atoms with E-state index in [1.807, 2.05) is 12.3 Å². The van der Waals surface area contributed by atoms with Crippen molar-refractivity contribution in [2.75, 3.05) is 36.8 Å². The first-order valence-corrected chi connectivity index (χ1v) is 10.8. The predicted molar refractivity (Wildman–Crippen MR) is 128 cm³/mol. The standard InChI is InChI=1S/C26H34N4.2ClH.Ru/c1-20-9-7-10-21(2)25(20)28-15-17-30(19-24-13-5-6-14-27-24)18-16-29-26-22(3)11-8-12-23(26)4;;;/h5-14,28-29H,15-19H2,1-4H3;2*1H;/q;;;+2/p-2. The van der Waals surface area contributed by atoms with Gasteiger partial charge in [0.15, 0.2) is 0 Å². The van der Waals surface area contributed by atoms with Gasteiger partial charge in [0.05, 0.1) is 5.69 Å². The van der Waals surface area contributed by atoms with Gasteiger partial charge in [0.25, 0.3) is 0 Å².